The van der Waals surface area contributed by atoms with Crippen molar-refractivity contribution in [3.8, 4) is 29.0 Å². The predicted octanol–water partition coefficient (Wildman–Crippen LogP) is 5.56. The molecule has 4 aromatic rings. The highest BCUT2D eigenvalue weighted by Crippen LogP contribution is 2.36. The third-order valence-corrected chi connectivity index (χ3v) is 4.71. The number of hydrogen-bond donors (Lipinski definition) is 0. The summed E-state index contributed by atoms with van der Waals surface area (Å²) < 4.78 is 13.1. The molecule has 0 saturated heterocycles. The van der Waals surface area contributed by atoms with Crippen molar-refractivity contribution < 1.29 is 9.47 Å². The van der Waals surface area contributed by atoms with Crippen LogP contribution in [0.2, 0.25) is 0 Å². The molecule has 1 aromatic heterocycles. The standard InChI is InChI=1S/C24H21NO2/c1-4-5-6-17-7-9-18(10-8-17)25-23-13-11-19(26-2)15-21(23)22-16-20(27-3)12-14-24(22)25/h7-16H,4H2,1-3H3. The Kier molecular flexibility index (Phi) is 4.48. The highest BCUT2D eigenvalue weighted by atomic mass is 16.5. The van der Waals surface area contributed by atoms with E-state index in [0.29, 0.717) is 0 Å². The van der Waals surface area contributed by atoms with Crippen LogP contribution in [0, 0.1) is 11.8 Å². The van der Waals surface area contributed by atoms with Crippen molar-refractivity contribution in [3.05, 3.63) is 66.2 Å². The van der Waals surface area contributed by atoms with E-state index in [1.807, 2.05) is 12.1 Å². The van der Waals surface area contributed by atoms with E-state index in [0.717, 1.165) is 51.0 Å². The van der Waals surface area contributed by atoms with Crippen molar-refractivity contribution in [2.24, 2.45) is 0 Å². The minimum atomic E-state index is 0.842. The molecule has 0 N–H and O–H groups in total. The van der Waals surface area contributed by atoms with Gasteiger partial charge in [-0.25, -0.2) is 0 Å². The third kappa shape index (κ3) is 3.00. The number of methoxy groups -OCH3 is 2. The number of ether oxygens (including phenoxy) is 2. The molecular formula is C24H21NO2. The molecule has 0 atom stereocenters. The molecule has 0 unspecified atom stereocenters. The Morgan fingerprint density at radius 1 is 0.778 bits per heavy atom. The molecular weight excluding hydrogens is 334 g/mol. The first-order valence-electron chi connectivity index (χ1n) is 9.00. The lowest BCUT2D eigenvalue weighted by atomic mass is 10.1. The molecule has 0 bridgehead atoms. The van der Waals surface area contributed by atoms with Crippen molar-refractivity contribution in [1.82, 2.24) is 4.57 Å². The van der Waals surface area contributed by atoms with Gasteiger partial charge in [-0.1, -0.05) is 18.8 Å². The van der Waals surface area contributed by atoms with Crippen LogP contribution in [-0.2, 0) is 0 Å². The molecule has 0 spiro atoms. The fraction of sp³-hybridized carbons (Fsp3) is 0.167. The van der Waals surface area contributed by atoms with E-state index in [1.54, 1.807) is 14.2 Å². The normalized spacial score (nSPS) is 10.6. The second-order valence-electron chi connectivity index (χ2n) is 6.30. The Morgan fingerprint density at radius 3 is 1.81 bits per heavy atom. The molecule has 0 aliphatic carbocycles. The van der Waals surface area contributed by atoms with Gasteiger partial charge < -0.3 is 14.0 Å². The van der Waals surface area contributed by atoms with Crippen LogP contribution in [0.15, 0.2) is 60.7 Å². The number of hydrogen-bond acceptors (Lipinski definition) is 2. The van der Waals surface area contributed by atoms with Crippen molar-refractivity contribution in [2.45, 2.75) is 13.3 Å². The SMILES string of the molecule is CCC#Cc1ccc(-n2c3ccc(OC)cc3c3cc(OC)ccc32)cc1. The number of nitrogens with zero attached hydrogens (tertiary/aromatic N) is 1. The Bertz CT molecular complexity index is 1110. The van der Waals surface area contributed by atoms with Gasteiger partial charge in [0.25, 0.3) is 0 Å². The maximum atomic E-state index is 5.44. The molecule has 0 amide bonds. The average molecular weight is 355 g/mol. The number of benzene rings is 3. The summed E-state index contributed by atoms with van der Waals surface area (Å²) in [5, 5.41) is 2.27. The van der Waals surface area contributed by atoms with E-state index in [4.69, 9.17) is 9.47 Å². The Balaban J connectivity index is 1.98. The molecule has 0 aliphatic heterocycles. The molecule has 1 heterocycles. The van der Waals surface area contributed by atoms with Gasteiger partial charge in [-0.2, -0.15) is 0 Å². The van der Waals surface area contributed by atoms with Crippen LogP contribution in [0.25, 0.3) is 27.5 Å². The largest absolute Gasteiger partial charge is 0.497 e. The first kappa shape index (κ1) is 17.1. The van der Waals surface area contributed by atoms with E-state index in [9.17, 15) is 0 Å². The molecule has 0 saturated carbocycles. The van der Waals surface area contributed by atoms with Gasteiger partial charge in [0, 0.05) is 28.4 Å². The van der Waals surface area contributed by atoms with E-state index in [-0.39, 0.29) is 0 Å². The molecule has 27 heavy (non-hydrogen) atoms. The lowest BCUT2D eigenvalue weighted by molar-refractivity contribution is 0.415. The van der Waals surface area contributed by atoms with Crippen LogP contribution in [0.4, 0.5) is 0 Å². The van der Waals surface area contributed by atoms with Gasteiger partial charge in [0.05, 0.1) is 25.3 Å². The van der Waals surface area contributed by atoms with Gasteiger partial charge in [-0.3, -0.25) is 0 Å². The van der Waals surface area contributed by atoms with E-state index >= 15 is 0 Å². The molecule has 3 aromatic carbocycles. The molecule has 0 fully saturated rings. The molecule has 3 nitrogen and oxygen atoms in total. The van der Waals surface area contributed by atoms with Crippen molar-refractivity contribution in [1.29, 1.82) is 0 Å². The maximum absolute atomic E-state index is 5.44. The van der Waals surface area contributed by atoms with Crippen LogP contribution in [0.1, 0.15) is 18.9 Å². The third-order valence-electron chi connectivity index (χ3n) is 4.71. The topological polar surface area (TPSA) is 23.4 Å². The summed E-state index contributed by atoms with van der Waals surface area (Å²) in [6.45, 7) is 2.06. The van der Waals surface area contributed by atoms with Crippen LogP contribution in [0.5, 0.6) is 11.5 Å². The molecule has 3 heteroatoms. The molecule has 4 rings (SSSR count). The van der Waals surface area contributed by atoms with E-state index in [2.05, 4.69) is 71.9 Å². The summed E-state index contributed by atoms with van der Waals surface area (Å²) in [7, 11) is 3.38. The van der Waals surface area contributed by atoms with Crippen LogP contribution < -0.4 is 9.47 Å². The predicted molar refractivity (Wildman–Crippen MR) is 111 cm³/mol. The Hall–Kier alpha value is -3.38. The van der Waals surface area contributed by atoms with Crippen LogP contribution in [-0.4, -0.2) is 18.8 Å². The minimum Gasteiger partial charge on any atom is -0.497 e. The monoisotopic (exact) mass is 355 g/mol. The average Bonchev–Trinajstić information content (AvgIpc) is 3.05. The summed E-state index contributed by atoms with van der Waals surface area (Å²) in [6.07, 6.45) is 0.859. The molecule has 0 radical (unpaired) electrons. The van der Waals surface area contributed by atoms with Gasteiger partial charge in [-0.05, 0) is 60.7 Å². The Labute approximate surface area is 159 Å². The molecule has 0 aliphatic rings. The van der Waals surface area contributed by atoms with E-state index < -0.39 is 0 Å². The lowest BCUT2D eigenvalue weighted by Gasteiger charge is -2.08. The first-order valence-corrected chi connectivity index (χ1v) is 9.00. The maximum Gasteiger partial charge on any atom is 0.119 e. The highest BCUT2D eigenvalue weighted by molar-refractivity contribution is 6.10. The summed E-state index contributed by atoms with van der Waals surface area (Å²) >= 11 is 0. The van der Waals surface area contributed by atoms with Gasteiger partial charge in [0.1, 0.15) is 11.5 Å². The van der Waals surface area contributed by atoms with Gasteiger partial charge >= 0.3 is 0 Å². The number of aromatic nitrogens is 1. The summed E-state index contributed by atoms with van der Waals surface area (Å²) in [5.74, 6) is 7.98. The number of fused-ring (bicyclic) bond motifs is 3. The second-order valence-corrected chi connectivity index (χ2v) is 6.30. The van der Waals surface area contributed by atoms with Gasteiger partial charge in [0.15, 0.2) is 0 Å². The fourth-order valence-electron chi connectivity index (χ4n) is 3.40. The Morgan fingerprint density at radius 2 is 1.33 bits per heavy atom. The van der Waals surface area contributed by atoms with E-state index in [1.165, 1.54) is 0 Å². The van der Waals surface area contributed by atoms with Gasteiger partial charge in [0.2, 0.25) is 0 Å². The van der Waals surface area contributed by atoms with Crippen molar-refractivity contribution in [2.75, 3.05) is 14.2 Å². The quantitative estimate of drug-likeness (QED) is 0.449. The minimum absolute atomic E-state index is 0.842. The molecule has 134 valence electrons. The smallest absolute Gasteiger partial charge is 0.119 e. The first-order chi connectivity index (χ1) is 13.2. The number of rotatable bonds is 3. The second kappa shape index (κ2) is 7.09. The van der Waals surface area contributed by atoms with Crippen molar-refractivity contribution in [3.63, 3.8) is 0 Å². The van der Waals surface area contributed by atoms with Crippen molar-refractivity contribution >= 4 is 21.8 Å². The van der Waals surface area contributed by atoms with Crippen LogP contribution in [0.3, 0.4) is 0 Å². The zero-order chi connectivity index (χ0) is 18.8. The lowest BCUT2D eigenvalue weighted by Crippen LogP contribution is -1.94. The van der Waals surface area contributed by atoms with Gasteiger partial charge in [-0.15, -0.1) is 0 Å². The summed E-state index contributed by atoms with van der Waals surface area (Å²) in [4.78, 5) is 0. The summed E-state index contributed by atoms with van der Waals surface area (Å²) in [5.41, 5.74) is 4.40. The highest BCUT2D eigenvalue weighted by Gasteiger charge is 2.14. The zero-order valence-electron chi connectivity index (χ0n) is 15.7. The van der Waals surface area contributed by atoms with Crippen LogP contribution >= 0.6 is 0 Å². The fourth-order valence-corrected chi connectivity index (χ4v) is 3.40. The summed E-state index contributed by atoms with van der Waals surface area (Å²) in [6, 6.07) is 20.7. The zero-order valence-corrected chi connectivity index (χ0v) is 15.7.